The molecule has 2 aromatic heterocycles. The molecule has 0 bridgehead atoms. The SMILES string of the molecule is CC(C)c1csc(C(=O)N2CCC[C@H]2c2nc3ccc(F)cc3[nH]2)n1. The van der Waals surface area contributed by atoms with Crippen LogP contribution in [0.2, 0.25) is 0 Å². The molecule has 0 aliphatic carbocycles. The van der Waals surface area contributed by atoms with Crippen LogP contribution in [0.15, 0.2) is 23.6 Å². The maximum Gasteiger partial charge on any atom is 0.283 e. The van der Waals surface area contributed by atoms with Gasteiger partial charge in [-0.3, -0.25) is 4.79 Å². The second kappa shape index (κ2) is 6.22. The van der Waals surface area contributed by atoms with Gasteiger partial charge in [0.1, 0.15) is 11.6 Å². The van der Waals surface area contributed by atoms with Gasteiger partial charge in [-0.1, -0.05) is 13.8 Å². The van der Waals surface area contributed by atoms with Gasteiger partial charge in [-0.25, -0.2) is 14.4 Å². The van der Waals surface area contributed by atoms with E-state index in [1.54, 1.807) is 6.07 Å². The van der Waals surface area contributed by atoms with Crippen molar-refractivity contribution >= 4 is 28.3 Å². The third-order valence-electron chi connectivity index (χ3n) is 4.59. The molecule has 1 N–H and O–H groups in total. The van der Waals surface area contributed by atoms with Gasteiger partial charge in [-0.15, -0.1) is 11.3 Å². The topological polar surface area (TPSA) is 61.9 Å². The summed E-state index contributed by atoms with van der Waals surface area (Å²) in [5.41, 5.74) is 2.32. The Kier molecular flexibility index (Phi) is 4.03. The predicted octanol–water partition coefficient (Wildman–Crippen LogP) is 4.26. The Labute approximate surface area is 148 Å². The number of H-pyrrole nitrogens is 1. The molecule has 3 heterocycles. The van der Waals surface area contributed by atoms with Crippen LogP contribution in [-0.4, -0.2) is 32.3 Å². The number of halogens is 1. The molecule has 1 amide bonds. The summed E-state index contributed by atoms with van der Waals surface area (Å²) in [7, 11) is 0. The molecular formula is C18H19FN4OS. The number of amides is 1. The predicted molar refractivity (Wildman–Crippen MR) is 95.3 cm³/mol. The lowest BCUT2D eigenvalue weighted by Crippen LogP contribution is -2.31. The fraction of sp³-hybridized carbons (Fsp3) is 0.389. The second-order valence-corrected chi connectivity index (χ2v) is 7.53. The quantitative estimate of drug-likeness (QED) is 0.761. The number of hydrogen-bond donors (Lipinski definition) is 1. The Morgan fingerprint density at radius 3 is 3.00 bits per heavy atom. The Morgan fingerprint density at radius 2 is 2.24 bits per heavy atom. The number of fused-ring (bicyclic) bond motifs is 1. The zero-order valence-electron chi connectivity index (χ0n) is 14.1. The van der Waals surface area contributed by atoms with Crippen molar-refractivity contribution in [2.24, 2.45) is 0 Å². The van der Waals surface area contributed by atoms with Crippen molar-refractivity contribution in [3.8, 4) is 0 Å². The number of carbonyl (C=O) groups excluding carboxylic acids is 1. The van der Waals surface area contributed by atoms with Crippen LogP contribution in [0.4, 0.5) is 4.39 Å². The van der Waals surface area contributed by atoms with E-state index < -0.39 is 0 Å². The molecule has 1 saturated heterocycles. The minimum Gasteiger partial charge on any atom is -0.340 e. The molecule has 5 nitrogen and oxygen atoms in total. The zero-order chi connectivity index (χ0) is 17.6. The maximum absolute atomic E-state index is 13.4. The largest absolute Gasteiger partial charge is 0.340 e. The number of aromatic nitrogens is 3. The molecule has 1 aromatic carbocycles. The first-order valence-electron chi connectivity index (χ1n) is 8.44. The molecule has 3 aromatic rings. The molecule has 1 atom stereocenters. The highest BCUT2D eigenvalue weighted by atomic mass is 32.1. The molecule has 130 valence electrons. The molecule has 1 fully saturated rings. The molecule has 1 aliphatic rings. The maximum atomic E-state index is 13.4. The highest BCUT2D eigenvalue weighted by molar-refractivity contribution is 7.11. The van der Waals surface area contributed by atoms with Crippen molar-refractivity contribution in [3.05, 3.63) is 45.9 Å². The Hall–Kier alpha value is -2.28. The Morgan fingerprint density at radius 1 is 1.40 bits per heavy atom. The van der Waals surface area contributed by atoms with Crippen LogP contribution in [0.1, 0.15) is 60.0 Å². The summed E-state index contributed by atoms with van der Waals surface area (Å²) in [6.07, 6.45) is 1.76. The fourth-order valence-corrected chi connectivity index (χ4v) is 4.16. The summed E-state index contributed by atoms with van der Waals surface area (Å²) in [6.45, 7) is 4.82. The van der Waals surface area contributed by atoms with E-state index in [1.165, 1.54) is 23.5 Å². The highest BCUT2D eigenvalue weighted by Gasteiger charge is 2.34. The Balaban J connectivity index is 1.63. The molecule has 4 rings (SSSR count). The second-order valence-electron chi connectivity index (χ2n) is 6.67. The van der Waals surface area contributed by atoms with Gasteiger partial charge in [0.25, 0.3) is 5.91 Å². The highest BCUT2D eigenvalue weighted by Crippen LogP contribution is 2.33. The fourth-order valence-electron chi connectivity index (χ4n) is 3.23. The summed E-state index contributed by atoms with van der Waals surface area (Å²) >= 11 is 1.39. The molecule has 7 heteroatoms. The number of likely N-dealkylation sites (tertiary alicyclic amines) is 1. The van der Waals surface area contributed by atoms with Crippen LogP contribution >= 0.6 is 11.3 Å². The van der Waals surface area contributed by atoms with E-state index in [9.17, 15) is 9.18 Å². The zero-order valence-corrected chi connectivity index (χ0v) is 14.9. The Bertz CT molecular complexity index is 932. The normalized spacial score (nSPS) is 17.8. The van der Waals surface area contributed by atoms with Crippen molar-refractivity contribution in [2.75, 3.05) is 6.54 Å². The van der Waals surface area contributed by atoms with Crippen molar-refractivity contribution < 1.29 is 9.18 Å². The molecule has 0 saturated carbocycles. The summed E-state index contributed by atoms with van der Waals surface area (Å²) in [6, 6.07) is 4.37. The van der Waals surface area contributed by atoms with Crippen molar-refractivity contribution in [1.82, 2.24) is 19.9 Å². The summed E-state index contributed by atoms with van der Waals surface area (Å²) in [5.74, 6) is 0.668. The van der Waals surface area contributed by atoms with Gasteiger partial charge in [0.15, 0.2) is 5.01 Å². The number of hydrogen-bond acceptors (Lipinski definition) is 4. The number of nitrogens with one attached hydrogen (secondary N) is 1. The van der Waals surface area contributed by atoms with E-state index in [0.717, 1.165) is 18.5 Å². The van der Waals surface area contributed by atoms with E-state index in [0.29, 0.717) is 34.3 Å². The number of aromatic amines is 1. The molecular weight excluding hydrogens is 339 g/mol. The van der Waals surface area contributed by atoms with Crippen molar-refractivity contribution in [3.63, 3.8) is 0 Å². The molecule has 0 radical (unpaired) electrons. The first-order chi connectivity index (χ1) is 12.0. The standard InChI is InChI=1S/C18H19FN4OS/c1-10(2)14-9-25-17(22-14)18(24)23-7-3-4-15(23)16-20-12-6-5-11(19)8-13(12)21-16/h5-6,8-10,15H,3-4,7H2,1-2H3,(H,20,21)/t15-/m0/s1. The van der Waals surface area contributed by atoms with Gasteiger partial charge in [0.2, 0.25) is 0 Å². The first-order valence-corrected chi connectivity index (χ1v) is 9.32. The first kappa shape index (κ1) is 16.2. The lowest BCUT2D eigenvalue weighted by Gasteiger charge is -2.22. The van der Waals surface area contributed by atoms with Crippen LogP contribution in [0, 0.1) is 5.82 Å². The van der Waals surface area contributed by atoms with Crippen LogP contribution < -0.4 is 0 Å². The van der Waals surface area contributed by atoms with Gasteiger partial charge in [-0.2, -0.15) is 0 Å². The minimum atomic E-state index is -0.300. The summed E-state index contributed by atoms with van der Waals surface area (Å²) in [5, 5.41) is 2.48. The van der Waals surface area contributed by atoms with Gasteiger partial charge >= 0.3 is 0 Å². The van der Waals surface area contributed by atoms with Crippen LogP contribution in [-0.2, 0) is 0 Å². The summed E-state index contributed by atoms with van der Waals surface area (Å²) in [4.78, 5) is 27.0. The monoisotopic (exact) mass is 358 g/mol. The third-order valence-corrected chi connectivity index (χ3v) is 5.44. The number of carbonyl (C=O) groups is 1. The lowest BCUT2D eigenvalue weighted by molar-refractivity contribution is 0.0730. The number of rotatable bonds is 3. The average Bonchev–Trinajstić information content (AvgIpc) is 3.31. The van der Waals surface area contributed by atoms with Gasteiger partial charge in [-0.05, 0) is 37.0 Å². The average molecular weight is 358 g/mol. The number of thiazole rings is 1. The van der Waals surface area contributed by atoms with Gasteiger partial charge in [0, 0.05) is 11.9 Å². The van der Waals surface area contributed by atoms with Crippen LogP contribution in [0.3, 0.4) is 0 Å². The number of imidazole rings is 1. The van der Waals surface area contributed by atoms with Gasteiger partial charge in [0.05, 0.1) is 22.8 Å². The third kappa shape index (κ3) is 2.93. The molecule has 0 unspecified atom stereocenters. The van der Waals surface area contributed by atoms with Crippen molar-refractivity contribution in [1.29, 1.82) is 0 Å². The van der Waals surface area contributed by atoms with Crippen molar-refractivity contribution in [2.45, 2.75) is 38.6 Å². The lowest BCUT2D eigenvalue weighted by atomic mass is 10.2. The van der Waals surface area contributed by atoms with Crippen LogP contribution in [0.5, 0.6) is 0 Å². The summed E-state index contributed by atoms with van der Waals surface area (Å²) < 4.78 is 13.4. The molecule has 0 spiro atoms. The smallest absolute Gasteiger partial charge is 0.283 e. The minimum absolute atomic E-state index is 0.0500. The van der Waals surface area contributed by atoms with E-state index in [2.05, 4.69) is 28.8 Å². The van der Waals surface area contributed by atoms with E-state index in [-0.39, 0.29) is 17.8 Å². The number of benzene rings is 1. The van der Waals surface area contributed by atoms with E-state index in [1.807, 2.05) is 10.3 Å². The van der Waals surface area contributed by atoms with E-state index in [4.69, 9.17) is 0 Å². The van der Waals surface area contributed by atoms with Gasteiger partial charge < -0.3 is 9.88 Å². The number of nitrogens with zero attached hydrogens (tertiary/aromatic N) is 3. The molecule has 1 aliphatic heterocycles. The molecule has 25 heavy (non-hydrogen) atoms. The van der Waals surface area contributed by atoms with E-state index >= 15 is 0 Å². The van der Waals surface area contributed by atoms with Crippen LogP contribution in [0.25, 0.3) is 11.0 Å².